The summed E-state index contributed by atoms with van der Waals surface area (Å²) < 4.78 is 0. The Labute approximate surface area is 141 Å². The molecular formula is C19H21N3O2. The third-order valence-corrected chi connectivity index (χ3v) is 4.23. The van der Waals surface area contributed by atoms with E-state index in [1.54, 1.807) is 36.4 Å². The molecule has 0 radical (unpaired) electrons. The van der Waals surface area contributed by atoms with Gasteiger partial charge in [0.15, 0.2) is 0 Å². The fourth-order valence-electron chi connectivity index (χ4n) is 2.79. The molecule has 2 aromatic carbocycles. The van der Waals surface area contributed by atoms with Crippen LogP contribution in [0.25, 0.3) is 0 Å². The molecule has 0 saturated carbocycles. The molecule has 0 spiro atoms. The van der Waals surface area contributed by atoms with E-state index in [-0.39, 0.29) is 11.8 Å². The molecule has 1 aliphatic rings. The first kappa shape index (κ1) is 16.2. The van der Waals surface area contributed by atoms with E-state index in [0.717, 1.165) is 31.5 Å². The van der Waals surface area contributed by atoms with Crippen LogP contribution in [0.5, 0.6) is 0 Å². The number of carbonyl (C=O) groups is 2. The highest BCUT2D eigenvalue weighted by Crippen LogP contribution is 2.16. The summed E-state index contributed by atoms with van der Waals surface area (Å²) in [5.74, 6) is -0.125. The summed E-state index contributed by atoms with van der Waals surface area (Å²) in [4.78, 5) is 26.4. The van der Waals surface area contributed by atoms with Crippen molar-refractivity contribution in [2.45, 2.75) is 19.4 Å². The second kappa shape index (κ2) is 7.27. The van der Waals surface area contributed by atoms with Gasteiger partial charge in [-0.25, -0.2) is 0 Å². The van der Waals surface area contributed by atoms with E-state index in [1.165, 1.54) is 0 Å². The van der Waals surface area contributed by atoms with Crippen LogP contribution in [0, 0.1) is 0 Å². The quantitative estimate of drug-likeness (QED) is 0.908. The molecule has 3 rings (SSSR count). The van der Waals surface area contributed by atoms with Gasteiger partial charge in [-0.05, 0) is 54.8 Å². The van der Waals surface area contributed by atoms with Gasteiger partial charge in [-0.15, -0.1) is 0 Å². The SMILES string of the molecule is NCc1ccc(C(=O)Nc2ccc(C(=O)N3CCCC3)cc2)cc1. The molecule has 0 unspecified atom stereocenters. The number of carbonyl (C=O) groups excluding carboxylic acids is 2. The first-order valence-electron chi connectivity index (χ1n) is 8.17. The normalized spacial score (nSPS) is 13.8. The van der Waals surface area contributed by atoms with Gasteiger partial charge >= 0.3 is 0 Å². The van der Waals surface area contributed by atoms with Gasteiger partial charge in [-0.1, -0.05) is 12.1 Å². The van der Waals surface area contributed by atoms with Gasteiger partial charge in [-0.3, -0.25) is 9.59 Å². The van der Waals surface area contributed by atoms with Crippen LogP contribution in [-0.2, 0) is 6.54 Å². The van der Waals surface area contributed by atoms with Crippen LogP contribution in [0.3, 0.4) is 0 Å². The van der Waals surface area contributed by atoms with Crippen molar-refractivity contribution in [1.29, 1.82) is 0 Å². The highest BCUT2D eigenvalue weighted by Gasteiger charge is 2.19. The number of hydrogen-bond acceptors (Lipinski definition) is 3. The van der Waals surface area contributed by atoms with Gasteiger partial charge in [-0.2, -0.15) is 0 Å². The second-order valence-electron chi connectivity index (χ2n) is 5.93. The Morgan fingerprint density at radius 1 is 0.917 bits per heavy atom. The van der Waals surface area contributed by atoms with E-state index in [0.29, 0.717) is 23.4 Å². The number of nitrogens with two attached hydrogens (primary N) is 1. The number of benzene rings is 2. The molecule has 5 heteroatoms. The zero-order chi connectivity index (χ0) is 16.9. The molecule has 3 N–H and O–H groups in total. The predicted octanol–water partition coefficient (Wildman–Crippen LogP) is 2.63. The van der Waals surface area contributed by atoms with Crippen molar-refractivity contribution in [3.05, 3.63) is 65.2 Å². The Bertz CT molecular complexity index is 717. The molecule has 1 heterocycles. The third kappa shape index (κ3) is 3.63. The molecule has 0 atom stereocenters. The molecule has 1 saturated heterocycles. The van der Waals surface area contributed by atoms with E-state index in [1.807, 2.05) is 17.0 Å². The highest BCUT2D eigenvalue weighted by atomic mass is 16.2. The van der Waals surface area contributed by atoms with Crippen LogP contribution in [0.4, 0.5) is 5.69 Å². The zero-order valence-corrected chi connectivity index (χ0v) is 13.5. The van der Waals surface area contributed by atoms with E-state index in [9.17, 15) is 9.59 Å². The highest BCUT2D eigenvalue weighted by molar-refractivity contribution is 6.04. The maximum absolute atomic E-state index is 12.3. The smallest absolute Gasteiger partial charge is 0.255 e. The topological polar surface area (TPSA) is 75.4 Å². The van der Waals surface area contributed by atoms with Crippen molar-refractivity contribution in [3.8, 4) is 0 Å². The lowest BCUT2D eigenvalue weighted by Gasteiger charge is -2.15. The van der Waals surface area contributed by atoms with Gasteiger partial charge in [0.2, 0.25) is 0 Å². The molecule has 0 bridgehead atoms. The monoisotopic (exact) mass is 323 g/mol. The van der Waals surface area contributed by atoms with E-state index in [2.05, 4.69) is 5.32 Å². The Morgan fingerprint density at radius 3 is 2.08 bits per heavy atom. The minimum Gasteiger partial charge on any atom is -0.339 e. The van der Waals surface area contributed by atoms with Gasteiger partial charge < -0.3 is 16.0 Å². The number of hydrogen-bond donors (Lipinski definition) is 2. The van der Waals surface area contributed by atoms with E-state index >= 15 is 0 Å². The van der Waals surface area contributed by atoms with Gasteiger partial charge in [0.1, 0.15) is 0 Å². The van der Waals surface area contributed by atoms with Crippen LogP contribution in [0.2, 0.25) is 0 Å². The Hall–Kier alpha value is -2.66. The summed E-state index contributed by atoms with van der Waals surface area (Å²) in [5, 5.41) is 2.84. The second-order valence-corrected chi connectivity index (χ2v) is 5.93. The molecular weight excluding hydrogens is 302 g/mol. The number of anilines is 1. The molecule has 5 nitrogen and oxygen atoms in total. The largest absolute Gasteiger partial charge is 0.339 e. The third-order valence-electron chi connectivity index (χ3n) is 4.23. The van der Waals surface area contributed by atoms with Crippen molar-refractivity contribution in [3.63, 3.8) is 0 Å². The first-order chi connectivity index (χ1) is 11.7. The van der Waals surface area contributed by atoms with Crippen molar-refractivity contribution >= 4 is 17.5 Å². The summed E-state index contributed by atoms with van der Waals surface area (Å²) >= 11 is 0. The number of likely N-dealkylation sites (tertiary alicyclic amines) is 1. The van der Waals surface area contributed by atoms with Crippen LogP contribution in [-0.4, -0.2) is 29.8 Å². The lowest BCUT2D eigenvalue weighted by atomic mass is 10.1. The number of rotatable bonds is 4. The number of nitrogens with zero attached hydrogens (tertiary/aromatic N) is 1. The van der Waals surface area contributed by atoms with E-state index < -0.39 is 0 Å². The number of nitrogens with one attached hydrogen (secondary N) is 1. The molecule has 124 valence electrons. The van der Waals surface area contributed by atoms with Crippen molar-refractivity contribution in [1.82, 2.24) is 4.90 Å². The summed E-state index contributed by atoms with van der Waals surface area (Å²) in [5.41, 5.74) is 8.43. The molecule has 2 amide bonds. The van der Waals surface area contributed by atoms with Crippen LogP contribution in [0.1, 0.15) is 39.1 Å². The van der Waals surface area contributed by atoms with Crippen LogP contribution < -0.4 is 11.1 Å². The molecule has 0 aromatic heterocycles. The lowest BCUT2D eigenvalue weighted by molar-refractivity contribution is 0.0792. The average Bonchev–Trinajstić information content (AvgIpc) is 3.16. The lowest BCUT2D eigenvalue weighted by Crippen LogP contribution is -2.27. The minimum atomic E-state index is -0.183. The van der Waals surface area contributed by atoms with Crippen molar-refractivity contribution in [2.24, 2.45) is 5.73 Å². The fourth-order valence-corrected chi connectivity index (χ4v) is 2.79. The Balaban J connectivity index is 1.64. The molecule has 2 aromatic rings. The fraction of sp³-hybridized carbons (Fsp3) is 0.263. The van der Waals surface area contributed by atoms with Gasteiger partial charge in [0.25, 0.3) is 11.8 Å². The molecule has 1 fully saturated rings. The summed E-state index contributed by atoms with van der Waals surface area (Å²) in [7, 11) is 0. The molecule has 24 heavy (non-hydrogen) atoms. The average molecular weight is 323 g/mol. The number of amides is 2. The molecule has 0 aliphatic carbocycles. The maximum atomic E-state index is 12.3. The summed E-state index contributed by atoms with van der Waals surface area (Å²) in [6.07, 6.45) is 2.14. The van der Waals surface area contributed by atoms with Crippen molar-refractivity contribution in [2.75, 3.05) is 18.4 Å². The Kier molecular flexibility index (Phi) is 4.91. The van der Waals surface area contributed by atoms with Gasteiger partial charge in [0.05, 0.1) is 0 Å². The molecule has 1 aliphatic heterocycles. The minimum absolute atomic E-state index is 0.0581. The Morgan fingerprint density at radius 2 is 1.50 bits per heavy atom. The maximum Gasteiger partial charge on any atom is 0.255 e. The predicted molar refractivity (Wildman–Crippen MR) is 93.9 cm³/mol. The van der Waals surface area contributed by atoms with Crippen LogP contribution >= 0.6 is 0 Å². The standard InChI is InChI=1S/C19H21N3O2/c20-13-14-3-5-15(6-4-14)18(23)21-17-9-7-16(8-10-17)19(24)22-11-1-2-12-22/h3-10H,1-2,11-13,20H2,(H,21,23). The van der Waals surface area contributed by atoms with E-state index in [4.69, 9.17) is 5.73 Å². The first-order valence-corrected chi connectivity index (χ1v) is 8.17. The summed E-state index contributed by atoms with van der Waals surface area (Å²) in [6, 6.07) is 14.2. The zero-order valence-electron chi connectivity index (χ0n) is 13.5. The van der Waals surface area contributed by atoms with Crippen molar-refractivity contribution < 1.29 is 9.59 Å². The van der Waals surface area contributed by atoms with Gasteiger partial charge in [0, 0.05) is 36.4 Å². The van der Waals surface area contributed by atoms with Crippen LogP contribution in [0.15, 0.2) is 48.5 Å². The summed E-state index contributed by atoms with van der Waals surface area (Å²) in [6.45, 7) is 2.11.